The minimum atomic E-state index is -0.586. The van der Waals surface area contributed by atoms with Gasteiger partial charge in [0.2, 0.25) is 0 Å². The van der Waals surface area contributed by atoms with E-state index in [9.17, 15) is 9.59 Å². The molecule has 0 aliphatic carbocycles. The second-order valence-electron chi connectivity index (χ2n) is 7.22. The molecule has 1 heterocycles. The molecule has 0 spiro atoms. The van der Waals surface area contributed by atoms with Gasteiger partial charge in [-0.2, -0.15) is 0 Å². The molecule has 1 N–H and O–H groups in total. The molecule has 1 aliphatic rings. The number of hydrogen-bond acceptors (Lipinski definition) is 2. The summed E-state index contributed by atoms with van der Waals surface area (Å²) in [5.41, 5.74) is 4.68. The molecule has 0 unspecified atom stereocenters. The average molecular weight is 370 g/mol. The van der Waals surface area contributed by atoms with Crippen LogP contribution >= 0.6 is 0 Å². The number of carbonyl (C=O) groups is 2. The van der Waals surface area contributed by atoms with Crippen molar-refractivity contribution in [2.75, 3.05) is 4.90 Å². The molecule has 2 atom stereocenters. The Morgan fingerprint density at radius 3 is 2.00 bits per heavy atom. The van der Waals surface area contributed by atoms with Crippen LogP contribution in [0.15, 0.2) is 78.9 Å². The SMILES string of the molecule is Cc1ccc([C@@H]2[C@H](NC(=O)c3ccccc3)C(=O)N2c2ccc(C)cc2)cc1. The van der Waals surface area contributed by atoms with Gasteiger partial charge < -0.3 is 10.2 Å². The van der Waals surface area contributed by atoms with Crippen LogP contribution in [0.3, 0.4) is 0 Å². The summed E-state index contributed by atoms with van der Waals surface area (Å²) in [5, 5.41) is 2.93. The van der Waals surface area contributed by atoms with Crippen molar-refractivity contribution in [3.63, 3.8) is 0 Å². The Hall–Kier alpha value is -3.40. The standard InChI is InChI=1S/C24H22N2O2/c1-16-8-12-18(13-9-16)22-21(25-23(27)19-6-4-3-5-7-19)24(28)26(22)20-14-10-17(2)11-15-20/h3-15,21-22H,1-2H3,(H,25,27)/t21-,22+/m0/s1. The number of hydrogen-bond donors (Lipinski definition) is 1. The number of benzene rings is 3. The first-order valence-electron chi connectivity index (χ1n) is 9.37. The Bertz CT molecular complexity index is 995. The van der Waals surface area contributed by atoms with Gasteiger partial charge in [0.25, 0.3) is 11.8 Å². The number of nitrogens with zero attached hydrogens (tertiary/aromatic N) is 1. The first-order valence-corrected chi connectivity index (χ1v) is 9.37. The monoisotopic (exact) mass is 370 g/mol. The van der Waals surface area contributed by atoms with Gasteiger partial charge in [-0.25, -0.2) is 0 Å². The summed E-state index contributed by atoms with van der Waals surface area (Å²) in [6.07, 6.45) is 0. The summed E-state index contributed by atoms with van der Waals surface area (Å²) in [4.78, 5) is 27.4. The van der Waals surface area contributed by atoms with E-state index < -0.39 is 6.04 Å². The minimum absolute atomic E-state index is 0.0984. The van der Waals surface area contributed by atoms with Crippen molar-refractivity contribution < 1.29 is 9.59 Å². The molecule has 0 saturated carbocycles. The third-order valence-corrected chi connectivity index (χ3v) is 5.15. The topological polar surface area (TPSA) is 49.4 Å². The Morgan fingerprint density at radius 2 is 1.39 bits per heavy atom. The molecule has 0 aromatic heterocycles. The lowest BCUT2D eigenvalue weighted by Gasteiger charge is -2.47. The maximum Gasteiger partial charge on any atom is 0.252 e. The van der Waals surface area contributed by atoms with Crippen molar-refractivity contribution in [3.8, 4) is 0 Å². The number of nitrogens with one attached hydrogen (secondary N) is 1. The smallest absolute Gasteiger partial charge is 0.252 e. The fraction of sp³-hybridized carbons (Fsp3) is 0.167. The van der Waals surface area contributed by atoms with E-state index >= 15 is 0 Å². The Balaban J connectivity index is 1.65. The Morgan fingerprint density at radius 1 is 0.821 bits per heavy atom. The van der Waals surface area contributed by atoms with Crippen LogP contribution in [-0.2, 0) is 4.79 Å². The molecule has 4 heteroatoms. The van der Waals surface area contributed by atoms with Crippen LogP contribution < -0.4 is 10.2 Å². The molecule has 3 aromatic carbocycles. The van der Waals surface area contributed by atoms with Gasteiger partial charge in [0, 0.05) is 11.3 Å². The van der Waals surface area contributed by atoms with Gasteiger partial charge in [-0.1, -0.05) is 65.7 Å². The molecule has 0 radical (unpaired) electrons. The van der Waals surface area contributed by atoms with Gasteiger partial charge in [-0.15, -0.1) is 0 Å². The van der Waals surface area contributed by atoms with Crippen molar-refractivity contribution in [2.24, 2.45) is 0 Å². The summed E-state index contributed by atoms with van der Waals surface area (Å²) in [5.74, 6) is -0.335. The van der Waals surface area contributed by atoms with E-state index in [1.54, 1.807) is 17.0 Å². The molecule has 3 aromatic rings. The van der Waals surface area contributed by atoms with Crippen molar-refractivity contribution >= 4 is 17.5 Å². The highest BCUT2D eigenvalue weighted by Crippen LogP contribution is 2.39. The maximum atomic E-state index is 13.0. The lowest BCUT2D eigenvalue weighted by Crippen LogP contribution is -2.66. The molecule has 4 rings (SSSR count). The molecule has 28 heavy (non-hydrogen) atoms. The van der Waals surface area contributed by atoms with E-state index in [0.29, 0.717) is 5.56 Å². The highest BCUT2D eigenvalue weighted by Gasteiger charge is 2.49. The number of anilines is 1. The minimum Gasteiger partial charge on any atom is -0.338 e. The predicted molar refractivity (Wildman–Crippen MR) is 110 cm³/mol. The summed E-state index contributed by atoms with van der Waals surface area (Å²) in [6, 6.07) is 24.1. The van der Waals surface area contributed by atoms with E-state index in [1.165, 1.54) is 0 Å². The number of aryl methyl sites for hydroxylation is 2. The molecule has 1 aliphatic heterocycles. The lowest BCUT2D eigenvalue weighted by atomic mass is 9.87. The van der Waals surface area contributed by atoms with E-state index in [0.717, 1.165) is 22.4 Å². The fourth-order valence-electron chi connectivity index (χ4n) is 3.54. The summed E-state index contributed by atoms with van der Waals surface area (Å²) < 4.78 is 0. The highest BCUT2D eigenvalue weighted by molar-refractivity contribution is 6.09. The molecule has 2 amide bonds. The number of rotatable bonds is 4. The fourth-order valence-corrected chi connectivity index (χ4v) is 3.54. The Kier molecular flexibility index (Phi) is 4.70. The summed E-state index contributed by atoms with van der Waals surface area (Å²) in [6.45, 7) is 4.05. The number of amides is 2. The Labute approximate surface area is 164 Å². The van der Waals surface area contributed by atoms with Gasteiger partial charge in [0.05, 0.1) is 6.04 Å². The van der Waals surface area contributed by atoms with Gasteiger partial charge in [-0.05, 0) is 43.7 Å². The van der Waals surface area contributed by atoms with E-state index in [4.69, 9.17) is 0 Å². The number of β-lactam (4-membered cyclic amide) rings is 1. The molecule has 4 nitrogen and oxygen atoms in total. The summed E-state index contributed by atoms with van der Waals surface area (Å²) >= 11 is 0. The van der Waals surface area contributed by atoms with Gasteiger partial charge in [0.1, 0.15) is 6.04 Å². The van der Waals surface area contributed by atoms with Gasteiger partial charge in [0.15, 0.2) is 0 Å². The van der Waals surface area contributed by atoms with Crippen molar-refractivity contribution in [2.45, 2.75) is 25.9 Å². The normalized spacial score (nSPS) is 18.5. The molecule has 1 saturated heterocycles. The van der Waals surface area contributed by atoms with Crippen LogP contribution in [0, 0.1) is 13.8 Å². The van der Waals surface area contributed by atoms with Crippen molar-refractivity contribution in [3.05, 3.63) is 101 Å². The zero-order valence-corrected chi connectivity index (χ0v) is 15.9. The second kappa shape index (κ2) is 7.31. The summed E-state index contributed by atoms with van der Waals surface area (Å²) in [7, 11) is 0. The third-order valence-electron chi connectivity index (χ3n) is 5.15. The van der Waals surface area contributed by atoms with Gasteiger partial charge in [-0.3, -0.25) is 9.59 Å². The molecular formula is C24H22N2O2. The molecule has 0 bridgehead atoms. The van der Waals surface area contributed by atoms with Crippen LogP contribution in [0.25, 0.3) is 0 Å². The highest BCUT2D eigenvalue weighted by atomic mass is 16.2. The first-order chi connectivity index (χ1) is 13.5. The van der Waals surface area contributed by atoms with E-state index in [-0.39, 0.29) is 17.9 Å². The van der Waals surface area contributed by atoms with Crippen LogP contribution in [0.4, 0.5) is 5.69 Å². The van der Waals surface area contributed by atoms with E-state index in [2.05, 4.69) is 5.32 Å². The van der Waals surface area contributed by atoms with Crippen LogP contribution in [0.5, 0.6) is 0 Å². The van der Waals surface area contributed by atoms with Gasteiger partial charge >= 0.3 is 0 Å². The third kappa shape index (κ3) is 3.29. The maximum absolute atomic E-state index is 13.0. The molecule has 140 valence electrons. The zero-order chi connectivity index (χ0) is 19.7. The molecule has 1 fully saturated rings. The quantitative estimate of drug-likeness (QED) is 0.700. The van der Waals surface area contributed by atoms with Crippen LogP contribution in [0.1, 0.15) is 33.1 Å². The number of carbonyl (C=O) groups excluding carboxylic acids is 2. The van der Waals surface area contributed by atoms with Crippen LogP contribution in [0.2, 0.25) is 0 Å². The zero-order valence-electron chi connectivity index (χ0n) is 15.9. The lowest BCUT2D eigenvalue weighted by molar-refractivity contribution is -0.127. The van der Waals surface area contributed by atoms with Crippen LogP contribution in [-0.4, -0.2) is 17.9 Å². The molecular weight excluding hydrogens is 348 g/mol. The van der Waals surface area contributed by atoms with E-state index in [1.807, 2.05) is 80.6 Å². The second-order valence-corrected chi connectivity index (χ2v) is 7.22. The average Bonchev–Trinajstić information content (AvgIpc) is 2.72. The first kappa shape index (κ1) is 18.0. The largest absolute Gasteiger partial charge is 0.338 e. The van der Waals surface area contributed by atoms with Crippen molar-refractivity contribution in [1.82, 2.24) is 5.32 Å². The van der Waals surface area contributed by atoms with Crippen molar-refractivity contribution in [1.29, 1.82) is 0 Å². The predicted octanol–water partition coefficient (Wildman–Crippen LogP) is 4.19.